The summed E-state index contributed by atoms with van der Waals surface area (Å²) in [6.07, 6.45) is 2.14. The lowest BCUT2D eigenvalue weighted by Crippen LogP contribution is -2.09. The number of carbonyl (C=O) groups excluding carboxylic acids is 1. The average Bonchev–Trinajstić information content (AvgIpc) is 3.37. The van der Waals surface area contributed by atoms with Crippen LogP contribution in [0.25, 0.3) is 11.1 Å². The van der Waals surface area contributed by atoms with Gasteiger partial charge < -0.3 is 19.3 Å². The number of esters is 1. The van der Waals surface area contributed by atoms with Crippen LogP contribution in [0.4, 0.5) is 0 Å². The van der Waals surface area contributed by atoms with E-state index >= 15 is 0 Å². The summed E-state index contributed by atoms with van der Waals surface area (Å²) in [7, 11) is 1.41. The van der Waals surface area contributed by atoms with Gasteiger partial charge in [-0.05, 0) is 78.3 Å². The Bertz CT molecular complexity index is 1210. The summed E-state index contributed by atoms with van der Waals surface area (Å²) in [5, 5.41) is 9.95. The van der Waals surface area contributed by atoms with E-state index < -0.39 is 0 Å². The summed E-state index contributed by atoms with van der Waals surface area (Å²) in [5.41, 5.74) is 8.11. The number of fused-ring (bicyclic) bond motifs is 2. The fourth-order valence-electron chi connectivity index (χ4n) is 5.29. The normalized spacial score (nSPS) is 18.4. The highest BCUT2D eigenvalue weighted by Gasteiger charge is 2.30. The van der Waals surface area contributed by atoms with Crippen molar-refractivity contribution in [1.29, 1.82) is 0 Å². The van der Waals surface area contributed by atoms with Crippen molar-refractivity contribution in [3.8, 4) is 28.4 Å². The molecule has 0 aromatic heterocycles. The van der Waals surface area contributed by atoms with Crippen molar-refractivity contribution in [3.05, 3.63) is 76.3 Å². The first-order chi connectivity index (χ1) is 15.9. The van der Waals surface area contributed by atoms with Gasteiger partial charge in [0.1, 0.15) is 23.4 Å². The number of ether oxygens (including phenoxy) is 3. The molecule has 5 rings (SSSR count). The van der Waals surface area contributed by atoms with Crippen molar-refractivity contribution in [1.82, 2.24) is 0 Å². The molecule has 2 atom stereocenters. The van der Waals surface area contributed by atoms with Gasteiger partial charge >= 0.3 is 5.97 Å². The van der Waals surface area contributed by atoms with Crippen LogP contribution in [0.2, 0.25) is 0 Å². The van der Waals surface area contributed by atoms with Crippen molar-refractivity contribution in [2.45, 2.75) is 45.1 Å². The van der Waals surface area contributed by atoms with Crippen LogP contribution in [0, 0.1) is 13.8 Å². The van der Waals surface area contributed by atoms with Gasteiger partial charge in [-0.25, -0.2) is 0 Å². The van der Waals surface area contributed by atoms with Crippen molar-refractivity contribution in [3.63, 3.8) is 0 Å². The maximum Gasteiger partial charge on any atom is 0.306 e. The smallest absolute Gasteiger partial charge is 0.306 e. The number of hydrogen-bond acceptors (Lipinski definition) is 5. The molecule has 0 radical (unpaired) electrons. The topological polar surface area (TPSA) is 65.0 Å². The third-order valence-corrected chi connectivity index (χ3v) is 6.79. The molecule has 3 aromatic carbocycles. The Morgan fingerprint density at radius 3 is 2.64 bits per heavy atom. The van der Waals surface area contributed by atoms with E-state index in [9.17, 15) is 9.90 Å². The summed E-state index contributed by atoms with van der Waals surface area (Å²) in [6.45, 7) is 4.57. The molecule has 0 bridgehead atoms. The van der Waals surface area contributed by atoms with Crippen molar-refractivity contribution >= 4 is 5.97 Å². The molecule has 3 aromatic rings. The number of carbonyl (C=O) groups is 1. The maximum atomic E-state index is 11.7. The number of aromatic hydroxyl groups is 1. The monoisotopic (exact) mass is 444 g/mol. The van der Waals surface area contributed by atoms with Gasteiger partial charge in [0, 0.05) is 17.5 Å². The summed E-state index contributed by atoms with van der Waals surface area (Å²) in [6, 6.07) is 15.9. The zero-order chi connectivity index (χ0) is 23.1. The number of phenolic OH excluding ortho intramolecular Hbond substituents is 1. The third kappa shape index (κ3) is 3.92. The van der Waals surface area contributed by atoms with E-state index in [0.29, 0.717) is 18.8 Å². The van der Waals surface area contributed by atoms with E-state index in [2.05, 4.69) is 18.2 Å². The largest absolute Gasteiger partial charge is 0.508 e. The quantitative estimate of drug-likeness (QED) is 0.505. The minimum atomic E-state index is -0.228. The van der Waals surface area contributed by atoms with Crippen molar-refractivity contribution < 1.29 is 24.1 Å². The fourth-order valence-corrected chi connectivity index (χ4v) is 5.29. The van der Waals surface area contributed by atoms with E-state index in [1.807, 2.05) is 44.2 Å². The predicted molar refractivity (Wildman–Crippen MR) is 126 cm³/mol. The molecule has 0 saturated heterocycles. The highest BCUT2D eigenvalue weighted by Crippen LogP contribution is 2.44. The maximum absolute atomic E-state index is 11.7. The highest BCUT2D eigenvalue weighted by molar-refractivity contribution is 5.76. The van der Waals surface area contributed by atoms with Gasteiger partial charge in [-0.2, -0.15) is 0 Å². The number of rotatable bonds is 5. The summed E-state index contributed by atoms with van der Waals surface area (Å²) in [4.78, 5) is 11.7. The molecule has 0 amide bonds. The molecular weight excluding hydrogens is 416 g/mol. The number of hydrogen-bond donors (Lipinski definition) is 1. The van der Waals surface area contributed by atoms with Crippen LogP contribution < -0.4 is 9.47 Å². The number of methoxy groups -OCH3 is 1. The Kier molecular flexibility index (Phi) is 5.49. The van der Waals surface area contributed by atoms with Crippen LogP contribution >= 0.6 is 0 Å². The standard InChI is InChI=1S/C28H28O5/c1-16-11-19(29)12-17(2)28(16)24-6-4-5-23-22(24)9-10-25(23)33-20-7-8-21-18(13-27(30)31-3)15-32-26(21)14-20/h4-8,11-12,14,18,25,29H,9-10,13,15H2,1-3H3/t18?,25-/m1/s1. The Labute approximate surface area is 193 Å². The molecule has 1 heterocycles. The van der Waals surface area contributed by atoms with Crippen LogP contribution in [0.1, 0.15) is 52.7 Å². The average molecular weight is 445 g/mol. The molecule has 2 aliphatic rings. The highest BCUT2D eigenvalue weighted by atomic mass is 16.5. The van der Waals surface area contributed by atoms with Crippen LogP contribution in [0.15, 0.2) is 48.5 Å². The molecule has 1 aliphatic carbocycles. The Morgan fingerprint density at radius 2 is 1.88 bits per heavy atom. The summed E-state index contributed by atoms with van der Waals surface area (Å²) in [5.74, 6) is 1.65. The van der Waals surface area contributed by atoms with E-state index in [4.69, 9.17) is 14.2 Å². The van der Waals surface area contributed by atoms with Crippen LogP contribution in [0.5, 0.6) is 17.2 Å². The second-order valence-corrected chi connectivity index (χ2v) is 8.96. The van der Waals surface area contributed by atoms with Crippen LogP contribution in [-0.4, -0.2) is 24.8 Å². The molecule has 0 fully saturated rings. The first-order valence-electron chi connectivity index (χ1n) is 11.4. The van der Waals surface area contributed by atoms with E-state index in [1.165, 1.54) is 29.4 Å². The molecule has 0 saturated carbocycles. The molecule has 5 heteroatoms. The van der Waals surface area contributed by atoms with Gasteiger partial charge in [0.2, 0.25) is 0 Å². The zero-order valence-electron chi connectivity index (χ0n) is 19.2. The molecule has 5 nitrogen and oxygen atoms in total. The van der Waals surface area contributed by atoms with Gasteiger partial charge in [0.25, 0.3) is 0 Å². The number of aryl methyl sites for hydroxylation is 2. The van der Waals surface area contributed by atoms with Gasteiger partial charge in [0.15, 0.2) is 0 Å². The van der Waals surface area contributed by atoms with E-state index in [-0.39, 0.29) is 18.0 Å². The Balaban J connectivity index is 1.40. The zero-order valence-corrected chi connectivity index (χ0v) is 19.2. The van der Waals surface area contributed by atoms with Gasteiger partial charge in [-0.15, -0.1) is 0 Å². The lowest BCUT2D eigenvalue weighted by molar-refractivity contribution is -0.141. The minimum absolute atomic E-state index is 0.0213. The fraction of sp³-hybridized carbons (Fsp3) is 0.321. The molecular formula is C28H28O5. The lowest BCUT2D eigenvalue weighted by atomic mass is 9.90. The Morgan fingerprint density at radius 1 is 1.09 bits per heavy atom. The van der Waals surface area contributed by atoms with Crippen LogP contribution in [-0.2, 0) is 16.0 Å². The summed E-state index contributed by atoms with van der Waals surface area (Å²) < 4.78 is 17.1. The van der Waals surface area contributed by atoms with E-state index in [0.717, 1.165) is 41.0 Å². The number of benzene rings is 3. The third-order valence-electron chi connectivity index (χ3n) is 6.79. The first kappa shape index (κ1) is 21.4. The van der Waals surface area contributed by atoms with Gasteiger partial charge in [-0.3, -0.25) is 4.79 Å². The molecule has 0 spiro atoms. The molecule has 33 heavy (non-hydrogen) atoms. The molecule has 1 aliphatic heterocycles. The molecule has 1 N–H and O–H groups in total. The van der Waals surface area contributed by atoms with Crippen molar-refractivity contribution in [2.24, 2.45) is 0 Å². The number of phenols is 1. The lowest BCUT2D eigenvalue weighted by Gasteiger charge is -2.18. The first-order valence-corrected chi connectivity index (χ1v) is 11.4. The van der Waals surface area contributed by atoms with Gasteiger partial charge in [-0.1, -0.05) is 24.3 Å². The second-order valence-electron chi connectivity index (χ2n) is 8.96. The molecule has 170 valence electrons. The van der Waals surface area contributed by atoms with E-state index in [1.54, 1.807) is 0 Å². The van der Waals surface area contributed by atoms with Crippen LogP contribution in [0.3, 0.4) is 0 Å². The Hall–Kier alpha value is -3.47. The van der Waals surface area contributed by atoms with Crippen molar-refractivity contribution in [2.75, 3.05) is 13.7 Å². The minimum Gasteiger partial charge on any atom is -0.508 e. The summed E-state index contributed by atoms with van der Waals surface area (Å²) >= 11 is 0. The second kappa shape index (κ2) is 8.47. The SMILES string of the molecule is COC(=O)CC1COc2cc(O[C@@H]3CCc4c(-c5c(C)cc(O)cc5C)cccc43)ccc21. The molecule has 1 unspecified atom stereocenters. The predicted octanol–water partition coefficient (Wildman–Crippen LogP) is 5.78. The van der Waals surface area contributed by atoms with Gasteiger partial charge in [0.05, 0.1) is 20.1 Å².